The number of aromatic nitrogens is 2. The van der Waals surface area contributed by atoms with E-state index >= 15 is 0 Å². The van der Waals surface area contributed by atoms with E-state index in [-0.39, 0.29) is 12.1 Å². The van der Waals surface area contributed by atoms with Gasteiger partial charge >= 0.3 is 0 Å². The SMILES string of the molecule is CCCNC(c1ccoc1Cl)c1c(OC)cnn1C(C)C. The highest BCUT2D eigenvalue weighted by Gasteiger charge is 2.27. The molecule has 21 heavy (non-hydrogen) atoms. The molecule has 0 radical (unpaired) electrons. The zero-order chi connectivity index (χ0) is 15.4. The average Bonchev–Trinajstić information content (AvgIpc) is 3.06. The minimum Gasteiger partial charge on any atom is -0.493 e. The van der Waals surface area contributed by atoms with Gasteiger partial charge in [0.1, 0.15) is 5.69 Å². The number of ether oxygens (including phenoxy) is 1. The van der Waals surface area contributed by atoms with Gasteiger partial charge in [0, 0.05) is 11.6 Å². The van der Waals surface area contributed by atoms with Gasteiger partial charge in [0.15, 0.2) is 11.0 Å². The Morgan fingerprint density at radius 1 is 1.48 bits per heavy atom. The second-order valence-electron chi connectivity index (χ2n) is 5.17. The Bertz CT molecular complexity index is 577. The van der Waals surface area contributed by atoms with Gasteiger partial charge in [-0.15, -0.1) is 0 Å². The molecule has 0 bridgehead atoms. The van der Waals surface area contributed by atoms with E-state index in [9.17, 15) is 0 Å². The van der Waals surface area contributed by atoms with Crippen LogP contribution in [0.1, 0.15) is 50.5 Å². The molecule has 0 aliphatic carbocycles. The molecular weight excluding hydrogens is 290 g/mol. The molecule has 5 nitrogen and oxygen atoms in total. The van der Waals surface area contributed by atoms with E-state index in [2.05, 4.69) is 31.2 Å². The minimum absolute atomic E-state index is 0.115. The zero-order valence-electron chi connectivity index (χ0n) is 12.9. The molecule has 0 saturated heterocycles. The maximum absolute atomic E-state index is 6.18. The minimum atomic E-state index is -0.115. The lowest BCUT2D eigenvalue weighted by Gasteiger charge is -2.22. The number of hydrogen-bond acceptors (Lipinski definition) is 4. The Balaban J connectivity index is 2.50. The molecule has 0 aromatic carbocycles. The summed E-state index contributed by atoms with van der Waals surface area (Å²) in [6.45, 7) is 7.16. The first kappa shape index (κ1) is 15.9. The second kappa shape index (κ2) is 7.00. The summed E-state index contributed by atoms with van der Waals surface area (Å²) < 4.78 is 12.7. The van der Waals surface area contributed by atoms with Crippen molar-refractivity contribution in [2.24, 2.45) is 0 Å². The molecular formula is C15H22ClN3O2. The lowest BCUT2D eigenvalue weighted by Crippen LogP contribution is -2.26. The summed E-state index contributed by atoms with van der Waals surface area (Å²) >= 11 is 6.18. The van der Waals surface area contributed by atoms with Crippen molar-refractivity contribution < 1.29 is 9.15 Å². The summed E-state index contributed by atoms with van der Waals surface area (Å²) in [5.41, 5.74) is 1.86. The monoisotopic (exact) mass is 311 g/mol. The third-order valence-electron chi connectivity index (χ3n) is 3.34. The van der Waals surface area contributed by atoms with Gasteiger partial charge in [-0.1, -0.05) is 6.92 Å². The van der Waals surface area contributed by atoms with Gasteiger partial charge in [0.05, 0.1) is 25.6 Å². The topological polar surface area (TPSA) is 52.2 Å². The van der Waals surface area contributed by atoms with Gasteiger partial charge < -0.3 is 14.5 Å². The summed E-state index contributed by atoms with van der Waals surface area (Å²) in [7, 11) is 1.65. The molecule has 2 aromatic rings. The predicted octanol–water partition coefficient (Wildman–Crippen LogP) is 3.81. The second-order valence-corrected chi connectivity index (χ2v) is 5.52. The molecule has 0 saturated carbocycles. The summed E-state index contributed by atoms with van der Waals surface area (Å²) in [5, 5.41) is 8.32. The maximum atomic E-state index is 6.18. The van der Waals surface area contributed by atoms with Crippen molar-refractivity contribution in [3.8, 4) is 5.75 Å². The van der Waals surface area contributed by atoms with Crippen LogP contribution >= 0.6 is 11.6 Å². The van der Waals surface area contributed by atoms with Crippen LogP contribution in [0.2, 0.25) is 5.22 Å². The van der Waals surface area contributed by atoms with Crippen LogP contribution in [-0.2, 0) is 0 Å². The fraction of sp³-hybridized carbons (Fsp3) is 0.533. The molecule has 0 aliphatic rings. The van der Waals surface area contributed by atoms with E-state index in [1.807, 2.05) is 10.7 Å². The molecule has 6 heteroatoms. The highest BCUT2D eigenvalue weighted by molar-refractivity contribution is 6.29. The first-order chi connectivity index (χ1) is 10.1. The van der Waals surface area contributed by atoms with Crippen LogP contribution < -0.4 is 10.1 Å². The number of halogens is 1. The fourth-order valence-corrected chi connectivity index (χ4v) is 2.58. The predicted molar refractivity (Wildman–Crippen MR) is 83.0 cm³/mol. The third-order valence-corrected chi connectivity index (χ3v) is 3.64. The van der Waals surface area contributed by atoms with Gasteiger partial charge in [-0.2, -0.15) is 5.10 Å². The van der Waals surface area contributed by atoms with E-state index < -0.39 is 0 Å². The van der Waals surface area contributed by atoms with Gasteiger partial charge in [-0.05, 0) is 44.5 Å². The van der Waals surface area contributed by atoms with Gasteiger partial charge in [-0.3, -0.25) is 4.68 Å². The average molecular weight is 312 g/mol. The lowest BCUT2D eigenvalue weighted by atomic mass is 10.1. The van der Waals surface area contributed by atoms with Crippen LogP contribution in [0, 0.1) is 0 Å². The molecule has 2 aromatic heterocycles. The van der Waals surface area contributed by atoms with Crippen LogP contribution in [0.4, 0.5) is 0 Å². The van der Waals surface area contributed by atoms with Crippen molar-refractivity contribution in [1.82, 2.24) is 15.1 Å². The number of rotatable bonds is 7. The Labute approximate surface area is 130 Å². The van der Waals surface area contributed by atoms with Crippen molar-refractivity contribution in [3.63, 3.8) is 0 Å². The third kappa shape index (κ3) is 3.24. The number of nitrogens with zero attached hydrogens (tertiary/aromatic N) is 2. The van der Waals surface area contributed by atoms with E-state index in [4.69, 9.17) is 20.8 Å². The Morgan fingerprint density at radius 3 is 2.76 bits per heavy atom. The first-order valence-electron chi connectivity index (χ1n) is 7.17. The molecule has 116 valence electrons. The van der Waals surface area contributed by atoms with Gasteiger partial charge in [0.2, 0.25) is 0 Å². The maximum Gasteiger partial charge on any atom is 0.198 e. The van der Waals surface area contributed by atoms with Crippen LogP contribution in [0.3, 0.4) is 0 Å². The molecule has 0 spiro atoms. The Hall–Kier alpha value is -1.46. The smallest absolute Gasteiger partial charge is 0.198 e. The number of methoxy groups -OCH3 is 1. The fourth-order valence-electron chi connectivity index (χ4n) is 2.35. The first-order valence-corrected chi connectivity index (χ1v) is 7.55. The molecule has 0 aliphatic heterocycles. The molecule has 0 fully saturated rings. The standard InChI is InChI=1S/C15H22ClN3O2/c1-5-7-17-13(11-6-8-21-15(11)16)14-12(20-4)9-18-19(14)10(2)3/h6,8-10,13,17H,5,7H2,1-4H3. The molecule has 2 heterocycles. The molecule has 1 atom stereocenters. The molecule has 1 unspecified atom stereocenters. The van der Waals surface area contributed by atoms with Gasteiger partial charge in [0.25, 0.3) is 0 Å². The highest BCUT2D eigenvalue weighted by atomic mass is 35.5. The van der Waals surface area contributed by atoms with E-state index in [0.29, 0.717) is 5.22 Å². The van der Waals surface area contributed by atoms with Crippen LogP contribution in [-0.4, -0.2) is 23.4 Å². The van der Waals surface area contributed by atoms with Crippen molar-refractivity contribution >= 4 is 11.6 Å². The number of nitrogens with one attached hydrogen (secondary N) is 1. The Kier molecular flexibility index (Phi) is 5.31. The quantitative estimate of drug-likeness (QED) is 0.845. The zero-order valence-corrected chi connectivity index (χ0v) is 13.6. The van der Waals surface area contributed by atoms with E-state index in [1.54, 1.807) is 19.6 Å². The Morgan fingerprint density at radius 2 is 2.24 bits per heavy atom. The summed E-state index contributed by atoms with van der Waals surface area (Å²) in [6, 6.07) is 1.99. The number of furan rings is 1. The summed E-state index contributed by atoms with van der Waals surface area (Å²) in [6.07, 6.45) is 4.36. The number of hydrogen-bond donors (Lipinski definition) is 1. The molecule has 1 N–H and O–H groups in total. The van der Waals surface area contributed by atoms with Crippen molar-refractivity contribution in [3.05, 3.63) is 35.0 Å². The normalized spacial score (nSPS) is 12.9. The van der Waals surface area contributed by atoms with E-state index in [1.165, 1.54) is 0 Å². The molecule has 2 rings (SSSR count). The summed E-state index contributed by atoms with van der Waals surface area (Å²) in [5.74, 6) is 0.745. The summed E-state index contributed by atoms with van der Waals surface area (Å²) in [4.78, 5) is 0. The molecule has 0 amide bonds. The highest BCUT2D eigenvalue weighted by Crippen LogP contribution is 2.35. The van der Waals surface area contributed by atoms with Crippen molar-refractivity contribution in [2.75, 3.05) is 13.7 Å². The van der Waals surface area contributed by atoms with Crippen LogP contribution in [0.25, 0.3) is 0 Å². The van der Waals surface area contributed by atoms with E-state index in [0.717, 1.165) is 30.0 Å². The lowest BCUT2D eigenvalue weighted by molar-refractivity contribution is 0.393. The van der Waals surface area contributed by atoms with Crippen LogP contribution in [0.5, 0.6) is 5.75 Å². The van der Waals surface area contributed by atoms with Crippen molar-refractivity contribution in [2.45, 2.75) is 39.3 Å². The van der Waals surface area contributed by atoms with Crippen LogP contribution in [0.15, 0.2) is 22.9 Å². The van der Waals surface area contributed by atoms with Gasteiger partial charge in [-0.25, -0.2) is 0 Å². The van der Waals surface area contributed by atoms with Crippen molar-refractivity contribution in [1.29, 1.82) is 0 Å². The largest absolute Gasteiger partial charge is 0.493 e.